The van der Waals surface area contributed by atoms with Crippen molar-refractivity contribution in [3.05, 3.63) is 47.5 Å². The summed E-state index contributed by atoms with van der Waals surface area (Å²) in [5.74, 6) is 2.61. The Balaban J connectivity index is 1.34. The number of methoxy groups -OCH3 is 1. The van der Waals surface area contributed by atoms with Crippen molar-refractivity contribution in [2.24, 2.45) is 0 Å². The van der Waals surface area contributed by atoms with Crippen LogP contribution >= 0.6 is 0 Å². The van der Waals surface area contributed by atoms with Crippen molar-refractivity contribution >= 4 is 23.1 Å². The van der Waals surface area contributed by atoms with Crippen LogP contribution in [0.3, 0.4) is 0 Å². The van der Waals surface area contributed by atoms with Crippen LogP contribution < -0.4 is 20.3 Å². The Kier molecular flexibility index (Phi) is 4.90. The second kappa shape index (κ2) is 7.85. The molecule has 0 bridgehead atoms. The second-order valence-corrected chi connectivity index (χ2v) is 7.74. The number of carbonyl (C=O) groups is 1. The number of benzene rings is 1. The molecule has 3 aliphatic rings. The maximum Gasteiger partial charge on any atom is 0.192 e. The Bertz CT molecular complexity index is 1010. The molecule has 1 aromatic heterocycles. The van der Waals surface area contributed by atoms with E-state index in [1.165, 1.54) is 0 Å². The van der Waals surface area contributed by atoms with Gasteiger partial charge in [-0.05, 0) is 31.7 Å². The van der Waals surface area contributed by atoms with E-state index in [0.717, 1.165) is 54.4 Å². The van der Waals surface area contributed by atoms with Crippen molar-refractivity contribution in [1.82, 2.24) is 9.97 Å². The maximum absolute atomic E-state index is 12.7. The van der Waals surface area contributed by atoms with E-state index in [9.17, 15) is 4.79 Å². The number of rotatable bonds is 5. The summed E-state index contributed by atoms with van der Waals surface area (Å²) in [4.78, 5) is 23.9. The van der Waals surface area contributed by atoms with Gasteiger partial charge in [0.15, 0.2) is 17.4 Å². The molecular formula is C22H25N5O3. The average Bonchev–Trinajstić information content (AvgIpc) is 3.43. The molecule has 8 heteroatoms. The highest BCUT2D eigenvalue weighted by atomic mass is 16.5. The number of anilines is 3. The number of carbonyl (C=O) groups excluding carboxylic acids is 1. The number of hydrogen-bond donors (Lipinski definition) is 2. The summed E-state index contributed by atoms with van der Waals surface area (Å²) in [6, 6.07) is 5.95. The third-order valence-corrected chi connectivity index (χ3v) is 6.00. The van der Waals surface area contributed by atoms with Gasteiger partial charge in [-0.25, -0.2) is 9.97 Å². The summed E-state index contributed by atoms with van der Waals surface area (Å²) < 4.78 is 11.3. The molecule has 3 heterocycles. The number of nitrogens with one attached hydrogen (secondary N) is 2. The predicted molar refractivity (Wildman–Crippen MR) is 114 cm³/mol. The smallest absolute Gasteiger partial charge is 0.192 e. The minimum atomic E-state index is 0.0289. The van der Waals surface area contributed by atoms with E-state index in [1.807, 2.05) is 18.2 Å². The number of aromatic nitrogens is 2. The normalized spacial score (nSPS) is 21.1. The summed E-state index contributed by atoms with van der Waals surface area (Å²) in [7, 11) is 1.57. The number of hydrogen-bond acceptors (Lipinski definition) is 8. The molecule has 0 unspecified atom stereocenters. The fraction of sp³-hybridized carbons (Fsp3) is 0.409. The lowest BCUT2D eigenvalue weighted by Gasteiger charge is -2.28. The lowest BCUT2D eigenvalue weighted by atomic mass is 9.87. The Morgan fingerprint density at radius 2 is 2.20 bits per heavy atom. The number of fused-ring (bicyclic) bond motifs is 2. The molecule has 2 aromatic rings. The van der Waals surface area contributed by atoms with E-state index in [0.29, 0.717) is 30.8 Å². The Morgan fingerprint density at radius 3 is 3.10 bits per heavy atom. The Hall–Kier alpha value is -3.29. The van der Waals surface area contributed by atoms with Crippen LogP contribution in [0.15, 0.2) is 36.4 Å². The zero-order chi connectivity index (χ0) is 20.5. The van der Waals surface area contributed by atoms with Crippen LogP contribution in [0.25, 0.3) is 0 Å². The van der Waals surface area contributed by atoms with Gasteiger partial charge in [-0.3, -0.25) is 4.79 Å². The van der Waals surface area contributed by atoms with Crippen LogP contribution in [0.5, 0.6) is 5.75 Å². The Morgan fingerprint density at radius 1 is 1.27 bits per heavy atom. The predicted octanol–water partition coefficient (Wildman–Crippen LogP) is 2.98. The Labute approximate surface area is 175 Å². The van der Waals surface area contributed by atoms with Gasteiger partial charge in [0.2, 0.25) is 0 Å². The van der Waals surface area contributed by atoms with Crippen LogP contribution in [-0.4, -0.2) is 48.7 Å². The molecule has 0 amide bonds. The monoisotopic (exact) mass is 407 g/mol. The van der Waals surface area contributed by atoms with Crippen LogP contribution in [0.1, 0.15) is 35.2 Å². The maximum atomic E-state index is 12.7. The third-order valence-electron chi connectivity index (χ3n) is 6.00. The summed E-state index contributed by atoms with van der Waals surface area (Å²) in [6.07, 6.45) is 6.74. The largest absolute Gasteiger partial charge is 0.504 e. The molecule has 2 aliphatic heterocycles. The quantitative estimate of drug-likeness (QED) is 0.578. The number of ether oxygens (including phenoxy) is 2. The van der Waals surface area contributed by atoms with Gasteiger partial charge >= 0.3 is 0 Å². The van der Waals surface area contributed by atoms with Gasteiger partial charge in [0.25, 0.3) is 0 Å². The van der Waals surface area contributed by atoms with Crippen LogP contribution in [0, 0.1) is 0 Å². The zero-order valence-electron chi connectivity index (χ0n) is 17.0. The molecule has 30 heavy (non-hydrogen) atoms. The van der Waals surface area contributed by atoms with Crippen LogP contribution in [-0.2, 0) is 11.2 Å². The fourth-order valence-corrected chi connectivity index (χ4v) is 4.55. The molecule has 1 aliphatic carbocycles. The van der Waals surface area contributed by atoms with Crippen molar-refractivity contribution in [3.63, 3.8) is 0 Å². The minimum absolute atomic E-state index is 0.0289. The molecular weight excluding hydrogens is 382 g/mol. The van der Waals surface area contributed by atoms with E-state index in [-0.39, 0.29) is 11.8 Å². The first kappa shape index (κ1) is 18.7. The number of Topliss-reactive ketones (excluding diaryl/α,β-unsaturated/α-hetero) is 1. The first-order chi connectivity index (χ1) is 14.8. The van der Waals surface area contributed by atoms with Gasteiger partial charge in [0.1, 0.15) is 24.4 Å². The summed E-state index contributed by atoms with van der Waals surface area (Å²) in [5, 5.41) is 6.55. The number of allylic oxidation sites excluding steroid dienone is 1. The van der Waals surface area contributed by atoms with E-state index >= 15 is 0 Å². The van der Waals surface area contributed by atoms with E-state index in [4.69, 9.17) is 9.47 Å². The molecule has 1 fully saturated rings. The molecule has 0 saturated carbocycles. The van der Waals surface area contributed by atoms with Gasteiger partial charge in [-0.1, -0.05) is 12.1 Å². The molecule has 156 valence electrons. The first-order valence-electron chi connectivity index (χ1n) is 10.4. The van der Waals surface area contributed by atoms with Gasteiger partial charge in [-0.15, -0.1) is 0 Å². The molecule has 1 atom stereocenters. The van der Waals surface area contributed by atoms with Crippen LogP contribution in [0.2, 0.25) is 0 Å². The minimum Gasteiger partial charge on any atom is -0.504 e. The van der Waals surface area contributed by atoms with Crippen molar-refractivity contribution in [1.29, 1.82) is 0 Å². The molecule has 1 saturated heterocycles. The number of nitrogens with zero attached hydrogens (tertiary/aromatic N) is 3. The van der Waals surface area contributed by atoms with Crippen molar-refractivity contribution < 1.29 is 14.3 Å². The highest BCUT2D eigenvalue weighted by molar-refractivity contribution is 6.11. The van der Waals surface area contributed by atoms with Crippen molar-refractivity contribution in [2.45, 2.75) is 31.7 Å². The van der Waals surface area contributed by atoms with Gasteiger partial charge in [0.05, 0.1) is 26.1 Å². The summed E-state index contributed by atoms with van der Waals surface area (Å²) in [6.45, 7) is 2.16. The molecule has 0 radical (unpaired) electrons. The van der Waals surface area contributed by atoms with E-state index in [1.54, 1.807) is 19.7 Å². The average molecular weight is 407 g/mol. The standard InChI is InChI=1S/C22H25N5O3/c1-29-10-14-7-8-16-17(20(14)28)5-2-6-18(16)30-11-15-4-3-9-27(15)22-19-21(24-12-23-19)25-13-26-22/h2,5-6,10,13,15,23H,3-4,7-9,11-12H2,1H3,(H,24,25,26)/t15-/m1/s1. The topological polar surface area (TPSA) is 88.6 Å². The molecule has 1 aromatic carbocycles. The summed E-state index contributed by atoms with van der Waals surface area (Å²) in [5.41, 5.74) is 3.38. The van der Waals surface area contributed by atoms with E-state index in [2.05, 4.69) is 25.5 Å². The lowest BCUT2D eigenvalue weighted by molar-refractivity contribution is 0.102. The van der Waals surface area contributed by atoms with Crippen molar-refractivity contribution in [2.75, 3.05) is 42.5 Å². The van der Waals surface area contributed by atoms with Crippen LogP contribution in [0.4, 0.5) is 17.3 Å². The lowest BCUT2D eigenvalue weighted by Crippen LogP contribution is -2.35. The molecule has 5 rings (SSSR count). The van der Waals surface area contributed by atoms with E-state index < -0.39 is 0 Å². The zero-order valence-corrected chi connectivity index (χ0v) is 17.0. The highest BCUT2D eigenvalue weighted by Gasteiger charge is 2.31. The summed E-state index contributed by atoms with van der Waals surface area (Å²) >= 11 is 0. The molecule has 8 nitrogen and oxygen atoms in total. The fourth-order valence-electron chi connectivity index (χ4n) is 4.55. The van der Waals surface area contributed by atoms with Crippen molar-refractivity contribution in [3.8, 4) is 5.75 Å². The molecule has 2 N–H and O–H groups in total. The van der Waals surface area contributed by atoms with Gasteiger partial charge in [0, 0.05) is 23.2 Å². The number of ketones is 1. The van der Waals surface area contributed by atoms with Gasteiger partial charge in [-0.2, -0.15) is 0 Å². The second-order valence-electron chi connectivity index (χ2n) is 7.74. The highest BCUT2D eigenvalue weighted by Crippen LogP contribution is 2.37. The molecule has 0 spiro atoms. The SMILES string of the molecule is COC=C1CCc2c(OC[C@H]3CCCN3c3ncnc4c3NCN4)cccc2C1=O. The first-order valence-corrected chi connectivity index (χ1v) is 10.4. The van der Waals surface area contributed by atoms with Gasteiger partial charge < -0.3 is 25.0 Å². The third kappa shape index (κ3) is 3.22.